The monoisotopic (exact) mass is 435 g/mol. The molecular formula is C25H33N5O2. The van der Waals surface area contributed by atoms with Gasteiger partial charge in [-0.15, -0.1) is 0 Å². The lowest BCUT2D eigenvalue weighted by Gasteiger charge is -2.31. The summed E-state index contributed by atoms with van der Waals surface area (Å²) in [6.45, 7) is 5.00. The highest BCUT2D eigenvalue weighted by atomic mass is 16.2. The number of nitrogens with one attached hydrogen (secondary N) is 1. The molecule has 1 atom stereocenters. The van der Waals surface area contributed by atoms with Crippen molar-refractivity contribution < 1.29 is 4.79 Å². The van der Waals surface area contributed by atoms with Gasteiger partial charge in [0, 0.05) is 37.5 Å². The molecule has 1 saturated carbocycles. The molecular weight excluding hydrogens is 402 g/mol. The Hall–Kier alpha value is -2.54. The average Bonchev–Trinajstić information content (AvgIpc) is 3.27. The minimum absolute atomic E-state index is 0.0477. The smallest absolute Gasteiger partial charge is 0.256 e. The van der Waals surface area contributed by atoms with Crippen molar-refractivity contribution in [2.75, 3.05) is 19.6 Å². The van der Waals surface area contributed by atoms with Crippen molar-refractivity contribution in [2.45, 2.75) is 70.9 Å². The molecule has 0 bridgehead atoms. The van der Waals surface area contributed by atoms with Crippen LogP contribution in [0.25, 0.3) is 0 Å². The first-order valence-corrected chi connectivity index (χ1v) is 12.2. The van der Waals surface area contributed by atoms with Gasteiger partial charge in [-0.3, -0.25) is 19.5 Å². The molecule has 32 heavy (non-hydrogen) atoms. The Morgan fingerprint density at radius 2 is 2.00 bits per heavy atom. The van der Waals surface area contributed by atoms with Crippen molar-refractivity contribution in [3.05, 3.63) is 57.0 Å². The van der Waals surface area contributed by atoms with Crippen LogP contribution in [0.5, 0.6) is 0 Å². The minimum atomic E-state index is -0.0848. The molecule has 0 unspecified atom stereocenters. The highest BCUT2D eigenvalue weighted by Gasteiger charge is 2.32. The summed E-state index contributed by atoms with van der Waals surface area (Å²) >= 11 is 0. The van der Waals surface area contributed by atoms with Gasteiger partial charge in [0.15, 0.2) is 0 Å². The zero-order valence-corrected chi connectivity index (χ0v) is 19.0. The fraction of sp³-hybridized carbons (Fsp3) is 0.600. The van der Waals surface area contributed by atoms with Crippen LogP contribution in [0.2, 0.25) is 0 Å². The third-order valence-corrected chi connectivity index (χ3v) is 7.52. The molecule has 170 valence electrons. The number of amides is 1. The molecule has 1 aliphatic carbocycles. The number of pyridine rings is 1. The van der Waals surface area contributed by atoms with Gasteiger partial charge in [0.25, 0.3) is 11.5 Å². The van der Waals surface area contributed by atoms with E-state index in [2.05, 4.69) is 14.9 Å². The normalized spacial score (nSPS) is 22.2. The lowest BCUT2D eigenvalue weighted by molar-refractivity contribution is 0.0731. The molecule has 2 aromatic heterocycles. The van der Waals surface area contributed by atoms with Crippen LogP contribution in [0.1, 0.15) is 84.0 Å². The van der Waals surface area contributed by atoms with E-state index in [0.29, 0.717) is 30.6 Å². The second-order valence-corrected chi connectivity index (χ2v) is 9.70. The number of H-pyrrole nitrogens is 1. The van der Waals surface area contributed by atoms with Crippen LogP contribution in [-0.2, 0) is 13.0 Å². The molecule has 7 heteroatoms. The summed E-state index contributed by atoms with van der Waals surface area (Å²) < 4.78 is 0. The third kappa shape index (κ3) is 4.22. The fourth-order valence-electron chi connectivity index (χ4n) is 5.71. The van der Waals surface area contributed by atoms with Crippen molar-refractivity contribution >= 4 is 5.91 Å². The molecule has 2 aliphatic heterocycles. The predicted molar refractivity (Wildman–Crippen MR) is 122 cm³/mol. The molecule has 7 nitrogen and oxygen atoms in total. The van der Waals surface area contributed by atoms with Crippen LogP contribution < -0.4 is 5.56 Å². The summed E-state index contributed by atoms with van der Waals surface area (Å²) in [4.78, 5) is 42.5. The summed E-state index contributed by atoms with van der Waals surface area (Å²) in [5, 5.41) is 0. The second kappa shape index (κ2) is 9.14. The molecule has 1 amide bonds. The molecule has 0 radical (unpaired) electrons. The van der Waals surface area contributed by atoms with Crippen LogP contribution in [-0.4, -0.2) is 50.3 Å². The number of likely N-dealkylation sites (tertiary alicyclic amines) is 1. The lowest BCUT2D eigenvalue weighted by Crippen LogP contribution is -2.40. The number of aromatic amines is 1. The molecule has 4 heterocycles. The Labute approximate surface area is 189 Å². The molecule has 5 rings (SSSR count). The second-order valence-electron chi connectivity index (χ2n) is 9.70. The molecule has 0 aromatic carbocycles. The number of hydrogen-bond acceptors (Lipinski definition) is 5. The number of hydrogen-bond donors (Lipinski definition) is 1. The largest absolute Gasteiger partial charge is 0.334 e. The summed E-state index contributed by atoms with van der Waals surface area (Å²) in [5.74, 6) is 1.56. The molecule has 1 N–H and O–H groups in total. The molecule has 2 fully saturated rings. The van der Waals surface area contributed by atoms with Crippen LogP contribution in [0.3, 0.4) is 0 Å². The van der Waals surface area contributed by atoms with Gasteiger partial charge in [-0.1, -0.05) is 19.3 Å². The summed E-state index contributed by atoms with van der Waals surface area (Å²) in [6, 6.07) is 1.97. The summed E-state index contributed by atoms with van der Waals surface area (Å²) in [5.41, 5.74) is 2.91. The van der Waals surface area contributed by atoms with Gasteiger partial charge in [0.1, 0.15) is 5.82 Å². The summed E-state index contributed by atoms with van der Waals surface area (Å²) in [6.07, 6.45) is 12.9. The van der Waals surface area contributed by atoms with Crippen molar-refractivity contribution in [2.24, 2.45) is 5.92 Å². The Morgan fingerprint density at radius 1 is 1.16 bits per heavy atom. The SMILES string of the molecule is Cc1cnccc1C(=O)N1CCc2nc([C@@H]3CCCN3CC3CCCCC3)[nH]c(=O)c2C1. The van der Waals surface area contributed by atoms with E-state index in [4.69, 9.17) is 4.98 Å². The number of rotatable bonds is 4. The van der Waals surface area contributed by atoms with Crippen LogP contribution in [0.4, 0.5) is 0 Å². The molecule has 1 saturated heterocycles. The maximum absolute atomic E-state index is 13.0. The quantitative estimate of drug-likeness (QED) is 0.796. The Kier molecular flexibility index (Phi) is 6.09. The summed E-state index contributed by atoms with van der Waals surface area (Å²) in [7, 11) is 0. The molecule has 0 spiro atoms. The van der Waals surface area contributed by atoms with Gasteiger partial charge in [0.05, 0.1) is 23.8 Å². The van der Waals surface area contributed by atoms with Crippen molar-refractivity contribution in [1.29, 1.82) is 0 Å². The molecule has 3 aliphatic rings. The zero-order valence-electron chi connectivity index (χ0n) is 19.0. The number of aryl methyl sites for hydroxylation is 1. The molecule has 2 aromatic rings. The predicted octanol–water partition coefficient (Wildman–Crippen LogP) is 3.39. The number of nitrogens with zero attached hydrogens (tertiary/aromatic N) is 4. The number of carbonyl (C=O) groups is 1. The van der Waals surface area contributed by atoms with Gasteiger partial charge in [-0.2, -0.15) is 0 Å². The van der Waals surface area contributed by atoms with E-state index in [9.17, 15) is 9.59 Å². The van der Waals surface area contributed by atoms with Gasteiger partial charge >= 0.3 is 0 Å². The standard InChI is InChI=1S/C25H33N5O2/c1-17-14-26-11-9-19(17)25(32)30-13-10-21-20(16-30)24(31)28-23(27-21)22-8-5-12-29(22)15-18-6-3-2-4-7-18/h9,11,14,18,22H,2-8,10,12-13,15-16H2,1H3,(H,27,28,31)/t22-/m0/s1. The van der Waals surface area contributed by atoms with E-state index in [-0.39, 0.29) is 17.5 Å². The highest BCUT2D eigenvalue weighted by molar-refractivity contribution is 5.95. The van der Waals surface area contributed by atoms with Crippen LogP contribution in [0, 0.1) is 12.8 Å². The van der Waals surface area contributed by atoms with Crippen LogP contribution >= 0.6 is 0 Å². The van der Waals surface area contributed by atoms with Crippen molar-refractivity contribution in [3.8, 4) is 0 Å². The van der Waals surface area contributed by atoms with E-state index >= 15 is 0 Å². The van der Waals surface area contributed by atoms with Gasteiger partial charge < -0.3 is 9.88 Å². The fourth-order valence-corrected chi connectivity index (χ4v) is 5.71. The maximum Gasteiger partial charge on any atom is 0.256 e. The first kappa shape index (κ1) is 21.3. The van der Waals surface area contributed by atoms with E-state index < -0.39 is 0 Å². The van der Waals surface area contributed by atoms with Crippen molar-refractivity contribution in [3.63, 3.8) is 0 Å². The number of fused-ring (bicyclic) bond motifs is 1. The Balaban J connectivity index is 1.33. The average molecular weight is 436 g/mol. The van der Waals surface area contributed by atoms with Crippen molar-refractivity contribution in [1.82, 2.24) is 24.8 Å². The maximum atomic E-state index is 13.0. The topological polar surface area (TPSA) is 82.2 Å². The van der Waals surface area contributed by atoms with Gasteiger partial charge in [-0.05, 0) is 56.7 Å². The Morgan fingerprint density at radius 3 is 2.81 bits per heavy atom. The first-order valence-electron chi connectivity index (χ1n) is 12.2. The van der Waals surface area contributed by atoms with Gasteiger partial charge in [0.2, 0.25) is 0 Å². The van der Waals surface area contributed by atoms with E-state index in [1.807, 2.05) is 6.92 Å². The first-order chi connectivity index (χ1) is 15.6. The van der Waals surface area contributed by atoms with Crippen LogP contribution in [0.15, 0.2) is 23.3 Å². The third-order valence-electron chi connectivity index (χ3n) is 7.52. The number of aromatic nitrogens is 3. The van der Waals surface area contributed by atoms with E-state index in [0.717, 1.165) is 48.9 Å². The Bertz CT molecular complexity index is 1040. The zero-order chi connectivity index (χ0) is 22.1. The highest BCUT2D eigenvalue weighted by Crippen LogP contribution is 2.33. The van der Waals surface area contributed by atoms with E-state index in [1.54, 1.807) is 23.4 Å². The van der Waals surface area contributed by atoms with Gasteiger partial charge in [-0.25, -0.2) is 4.98 Å². The minimum Gasteiger partial charge on any atom is -0.334 e. The number of carbonyl (C=O) groups excluding carboxylic acids is 1. The lowest BCUT2D eigenvalue weighted by atomic mass is 9.89. The van der Waals surface area contributed by atoms with E-state index in [1.165, 1.54) is 32.1 Å².